The maximum atomic E-state index is 7.92. The lowest BCUT2D eigenvalue weighted by Gasteiger charge is -2.05. The van der Waals surface area contributed by atoms with Crippen LogP contribution in [0.1, 0.15) is 0 Å². The van der Waals surface area contributed by atoms with Gasteiger partial charge < -0.3 is 11.1 Å². The molecule has 0 spiro atoms. The minimum atomic E-state index is 0.550. The monoisotopic (exact) mass is 202 g/mol. The fraction of sp³-hybridized carbons (Fsp3) is 0.143. The second-order valence-corrected chi connectivity index (χ2v) is 2.97. The van der Waals surface area contributed by atoms with E-state index in [9.17, 15) is 0 Å². The Balaban J connectivity index is 2.73. The van der Waals surface area contributed by atoms with Crippen molar-refractivity contribution in [2.45, 2.75) is 4.90 Å². The number of rotatable bonds is 4. The molecule has 13 heavy (non-hydrogen) atoms. The lowest BCUT2D eigenvalue weighted by Crippen LogP contribution is -1.93. The third-order valence-electron chi connectivity index (χ3n) is 1.45. The van der Waals surface area contributed by atoms with Gasteiger partial charge in [-0.25, -0.2) is 5.26 Å². The van der Waals surface area contributed by atoms with E-state index in [2.05, 4.69) is 14.7 Å². The van der Waals surface area contributed by atoms with Crippen molar-refractivity contribution < 1.29 is 14.6 Å². The van der Waals surface area contributed by atoms with Crippen LogP contribution in [0.3, 0.4) is 0 Å². The molecule has 1 rings (SSSR count). The zero-order chi connectivity index (χ0) is 9.68. The summed E-state index contributed by atoms with van der Waals surface area (Å²) in [5, 5.41) is 14.3. The Hall–Kier alpha value is -0.950. The van der Waals surface area contributed by atoms with E-state index in [1.807, 2.05) is 6.07 Å². The van der Waals surface area contributed by atoms with Gasteiger partial charge in [0.2, 0.25) is 0 Å². The van der Waals surface area contributed by atoms with Crippen LogP contribution in [0, 0.1) is 0 Å². The van der Waals surface area contributed by atoms with Crippen molar-refractivity contribution in [3.63, 3.8) is 0 Å². The van der Waals surface area contributed by atoms with E-state index in [0.29, 0.717) is 10.6 Å². The van der Waals surface area contributed by atoms with Crippen molar-refractivity contribution in [3.05, 3.63) is 18.2 Å². The molecule has 0 amide bonds. The fourth-order valence-electron chi connectivity index (χ4n) is 0.832. The lowest BCUT2D eigenvalue weighted by molar-refractivity contribution is -0.432. The van der Waals surface area contributed by atoms with Crippen molar-refractivity contribution in [1.29, 1.82) is 0 Å². The van der Waals surface area contributed by atoms with Crippen molar-refractivity contribution in [1.82, 2.24) is 0 Å². The van der Waals surface area contributed by atoms with E-state index >= 15 is 0 Å². The normalized spacial score (nSPS) is 10.0. The van der Waals surface area contributed by atoms with Crippen LogP contribution in [0.15, 0.2) is 23.1 Å². The molecule has 0 fully saturated rings. The van der Waals surface area contributed by atoms with E-state index in [0.717, 1.165) is 17.7 Å². The molecule has 0 aliphatic rings. The third kappa shape index (κ3) is 2.78. The molecule has 0 heterocycles. The molecule has 0 saturated heterocycles. The molecular formula is C7H10N2O3S. The summed E-state index contributed by atoms with van der Waals surface area (Å²) in [5.74, 6) is 0. The highest BCUT2D eigenvalue weighted by atomic mass is 32.2. The summed E-state index contributed by atoms with van der Waals surface area (Å²) < 4.78 is 4.25. The maximum Gasteiger partial charge on any atom is 0.0736 e. The molecule has 1 aromatic carbocycles. The molecule has 6 heteroatoms. The van der Waals surface area contributed by atoms with Gasteiger partial charge in [-0.15, -0.1) is 4.33 Å². The van der Waals surface area contributed by atoms with Crippen LogP contribution in [-0.4, -0.2) is 12.3 Å². The van der Waals surface area contributed by atoms with E-state index in [4.69, 9.17) is 11.0 Å². The van der Waals surface area contributed by atoms with Gasteiger partial charge in [0, 0.05) is 18.4 Å². The molecule has 0 saturated carbocycles. The number of benzene rings is 1. The van der Waals surface area contributed by atoms with E-state index in [1.54, 1.807) is 19.2 Å². The first kappa shape index (κ1) is 10.1. The number of nitrogens with one attached hydrogen (secondary N) is 1. The minimum Gasteiger partial charge on any atom is -0.398 e. The molecule has 72 valence electrons. The highest BCUT2D eigenvalue weighted by Crippen LogP contribution is 2.27. The Bertz CT molecular complexity index is 282. The van der Waals surface area contributed by atoms with Gasteiger partial charge in [0.05, 0.1) is 16.9 Å². The maximum absolute atomic E-state index is 7.92. The second kappa shape index (κ2) is 4.93. The molecule has 0 aromatic heterocycles. The van der Waals surface area contributed by atoms with Gasteiger partial charge in [-0.3, -0.25) is 0 Å². The zero-order valence-electron chi connectivity index (χ0n) is 6.98. The molecule has 0 aliphatic heterocycles. The van der Waals surface area contributed by atoms with Crippen molar-refractivity contribution >= 4 is 23.4 Å². The van der Waals surface area contributed by atoms with Gasteiger partial charge in [0.1, 0.15) is 0 Å². The Labute approximate surface area is 79.9 Å². The Morgan fingerprint density at radius 3 is 2.85 bits per heavy atom. The summed E-state index contributed by atoms with van der Waals surface area (Å²) in [6.07, 6.45) is 0. The fourth-order valence-corrected chi connectivity index (χ4v) is 1.21. The third-order valence-corrected chi connectivity index (χ3v) is 2.13. The first-order chi connectivity index (χ1) is 6.27. The van der Waals surface area contributed by atoms with Crippen LogP contribution in [0.25, 0.3) is 0 Å². The van der Waals surface area contributed by atoms with Gasteiger partial charge in [-0.05, 0) is 18.2 Å². The Morgan fingerprint density at radius 2 is 2.31 bits per heavy atom. The molecule has 1 aromatic rings. The quantitative estimate of drug-likeness (QED) is 0.299. The standard InChI is InChI=1S/C7H10N2O3S/c1-9-5-2-3-7(6(8)4-5)13-12-11-10/h2-4,9-10H,8H2,1H3. The molecule has 0 bridgehead atoms. The molecule has 0 radical (unpaired) electrons. The minimum absolute atomic E-state index is 0.550. The Kier molecular flexibility index (Phi) is 3.84. The smallest absolute Gasteiger partial charge is 0.0736 e. The van der Waals surface area contributed by atoms with Crippen LogP contribution >= 0.6 is 12.0 Å². The largest absolute Gasteiger partial charge is 0.398 e. The van der Waals surface area contributed by atoms with Crippen molar-refractivity contribution in [3.8, 4) is 0 Å². The summed E-state index contributed by atoms with van der Waals surface area (Å²) in [6.45, 7) is 0. The van der Waals surface area contributed by atoms with Gasteiger partial charge in [-0.2, -0.15) is 0 Å². The summed E-state index contributed by atoms with van der Waals surface area (Å²) in [5.41, 5.74) is 7.12. The van der Waals surface area contributed by atoms with Crippen molar-refractivity contribution in [2.24, 2.45) is 0 Å². The molecule has 0 unspecified atom stereocenters. The topological polar surface area (TPSA) is 76.7 Å². The lowest BCUT2D eigenvalue weighted by atomic mass is 10.3. The number of nitrogens with two attached hydrogens (primary N) is 1. The summed E-state index contributed by atoms with van der Waals surface area (Å²) in [7, 11) is 1.80. The number of nitrogen functional groups attached to an aromatic ring is 1. The van der Waals surface area contributed by atoms with Gasteiger partial charge >= 0.3 is 0 Å². The summed E-state index contributed by atoms with van der Waals surface area (Å²) >= 11 is 0.841. The molecule has 0 atom stereocenters. The predicted molar refractivity (Wildman–Crippen MR) is 51.1 cm³/mol. The first-order valence-electron chi connectivity index (χ1n) is 3.50. The average Bonchev–Trinajstić information content (AvgIpc) is 2.16. The number of hydrogen-bond acceptors (Lipinski definition) is 6. The average molecular weight is 202 g/mol. The van der Waals surface area contributed by atoms with E-state index < -0.39 is 0 Å². The number of hydrogen-bond donors (Lipinski definition) is 3. The summed E-state index contributed by atoms with van der Waals surface area (Å²) in [4.78, 5) is 0.674. The highest BCUT2D eigenvalue weighted by molar-refractivity contribution is 7.94. The predicted octanol–water partition coefficient (Wildman–Crippen LogP) is 1.74. The van der Waals surface area contributed by atoms with Crippen LogP contribution in [-0.2, 0) is 9.37 Å². The zero-order valence-corrected chi connectivity index (χ0v) is 7.80. The molecule has 0 aliphatic carbocycles. The van der Waals surface area contributed by atoms with Crippen molar-refractivity contribution in [2.75, 3.05) is 18.1 Å². The van der Waals surface area contributed by atoms with Crippen LogP contribution < -0.4 is 11.1 Å². The number of anilines is 2. The van der Waals surface area contributed by atoms with E-state index in [1.165, 1.54) is 0 Å². The van der Waals surface area contributed by atoms with E-state index in [-0.39, 0.29) is 0 Å². The SMILES string of the molecule is CNc1ccc(SOOO)c(N)c1. The van der Waals surface area contributed by atoms with Crippen LogP contribution in [0.2, 0.25) is 0 Å². The summed E-state index contributed by atoms with van der Waals surface area (Å²) in [6, 6.07) is 5.34. The highest BCUT2D eigenvalue weighted by Gasteiger charge is 2.01. The molecule has 5 nitrogen and oxygen atoms in total. The second-order valence-electron chi connectivity index (χ2n) is 2.23. The van der Waals surface area contributed by atoms with Gasteiger partial charge in [0.25, 0.3) is 0 Å². The van der Waals surface area contributed by atoms with Crippen LogP contribution in [0.5, 0.6) is 0 Å². The van der Waals surface area contributed by atoms with Gasteiger partial charge in [0.15, 0.2) is 0 Å². The first-order valence-corrected chi connectivity index (χ1v) is 4.24. The van der Waals surface area contributed by atoms with Gasteiger partial charge in [-0.1, -0.05) is 5.04 Å². The molecule has 4 N–H and O–H groups in total. The molecular weight excluding hydrogens is 192 g/mol. The van der Waals surface area contributed by atoms with Crippen LogP contribution in [0.4, 0.5) is 11.4 Å². The Morgan fingerprint density at radius 1 is 1.54 bits per heavy atom.